The average molecular weight is 521 g/mol. The number of amides is 1. The number of nitrogens with two attached hydrogens (primary N) is 1. The van der Waals surface area contributed by atoms with E-state index in [4.69, 9.17) is 28.9 Å². The predicted octanol–water partition coefficient (Wildman–Crippen LogP) is 4.53. The molecule has 27 heavy (non-hydrogen) atoms. The van der Waals surface area contributed by atoms with Gasteiger partial charge in [0.25, 0.3) is 5.91 Å². The van der Waals surface area contributed by atoms with Crippen LogP contribution < -0.4 is 16.4 Å². The van der Waals surface area contributed by atoms with Gasteiger partial charge in [0.05, 0.1) is 12.6 Å². The van der Waals surface area contributed by atoms with Crippen LogP contribution in [0.25, 0.3) is 0 Å². The number of aliphatic imine (C=N–C) groups is 1. The lowest BCUT2D eigenvalue weighted by Crippen LogP contribution is -2.34. The second-order valence-corrected chi connectivity index (χ2v) is 6.63. The van der Waals surface area contributed by atoms with Gasteiger partial charge in [0, 0.05) is 22.2 Å². The van der Waals surface area contributed by atoms with Crippen LogP contribution in [0.15, 0.2) is 47.5 Å². The van der Waals surface area contributed by atoms with E-state index in [2.05, 4.69) is 15.6 Å². The summed E-state index contributed by atoms with van der Waals surface area (Å²) < 4.78 is 0. The van der Waals surface area contributed by atoms with Gasteiger partial charge in [-0.2, -0.15) is 0 Å². The van der Waals surface area contributed by atoms with Gasteiger partial charge in [-0.1, -0.05) is 41.4 Å². The molecule has 8 heteroatoms. The summed E-state index contributed by atoms with van der Waals surface area (Å²) >= 11 is 12.1. The number of guanidine groups is 1. The van der Waals surface area contributed by atoms with Crippen LogP contribution in [0, 0.1) is 0 Å². The van der Waals surface area contributed by atoms with E-state index in [1.807, 2.05) is 32.0 Å². The van der Waals surface area contributed by atoms with Crippen molar-refractivity contribution in [2.75, 3.05) is 6.54 Å². The number of rotatable bonds is 6. The van der Waals surface area contributed by atoms with Gasteiger partial charge in [-0.25, -0.2) is 4.99 Å². The fraction of sp³-hybridized carbons (Fsp3) is 0.263. The molecule has 0 heterocycles. The maximum atomic E-state index is 11.7. The molecule has 0 aromatic heterocycles. The molecule has 1 unspecified atom stereocenters. The lowest BCUT2D eigenvalue weighted by Gasteiger charge is -2.16. The van der Waals surface area contributed by atoms with Crippen LogP contribution in [0.1, 0.15) is 41.4 Å². The van der Waals surface area contributed by atoms with Gasteiger partial charge in [-0.15, -0.1) is 24.0 Å². The summed E-state index contributed by atoms with van der Waals surface area (Å²) in [7, 11) is 0. The van der Waals surface area contributed by atoms with Crippen molar-refractivity contribution in [3.05, 3.63) is 69.2 Å². The minimum atomic E-state index is -0.108. The largest absolute Gasteiger partial charge is 0.370 e. The van der Waals surface area contributed by atoms with E-state index in [1.165, 1.54) is 0 Å². The zero-order valence-electron chi connectivity index (χ0n) is 15.1. The van der Waals surface area contributed by atoms with Crippen LogP contribution in [0.3, 0.4) is 0 Å². The number of benzene rings is 2. The Kier molecular flexibility index (Phi) is 9.90. The predicted molar refractivity (Wildman–Crippen MR) is 123 cm³/mol. The lowest BCUT2D eigenvalue weighted by atomic mass is 10.1. The van der Waals surface area contributed by atoms with Gasteiger partial charge in [-0.3, -0.25) is 4.79 Å². The summed E-state index contributed by atoms with van der Waals surface area (Å²) in [6.45, 7) is 4.84. The number of carbonyl (C=O) groups is 1. The first-order valence-corrected chi connectivity index (χ1v) is 9.04. The molecular formula is C19H23Cl2IN4O. The smallest absolute Gasteiger partial charge is 0.251 e. The molecule has 0 fully saturated rings. The first kappa shape index (κ1) is 23.5. The van der Waals surface area contributed by atoms with Crippen molar-refractivity contribution in [3.63, 3.8) is 0 Å². The standard InChI is InChI=1S/C19H22Cl2N4O.HI/c1-3-23-18(26)14-6-4-13(5-7-14)11-24-19(22)25-12(2)16-9-8-15(20)10-17(16)21;/h4-10,12H,3,11H2,1-2H3,(H,23,26)(H3,22,24,25);1H. The molecule has 0 aliphatic heterocycles. The summed E-state index contributed by atoms with van der Waals surface area (Å²) in [4.78, 5) is 16.1. The number of nitrogens with zero attached hydrogens (tertiary/aromatic N) is 1. The fourth-order valence-electron chi connectivity index (χ4n) is 2.40. The second-order valence-electron chi connectivity index (χ2n) is 5.79. The zero-order valence-corrected chi connectivity index (χ0v) is 19.0. The third-order valence-corrected chi connectivity index (χ3v) is 4.34. The molecule has 0 aliphatic carbocycles. The Morgan fingerprint density at radius 3 is 2.44 bits per heavy atom. The minimum absolute atomic E-state index is 0. The Morgan fingerprint density at radius 1 is 1.19 bits per heavy atom. The lowest BCUT2D eigenvalue weighted by molar-refractivity contribution is 0.0956. The van der Waals surface area contributed by atoms with Gasteiger partial charge in [0.15, 0.2) is 5.96 Å². The highest BCUT2D eigenvalue weighted by atomic mass is 127. The van der Waals surface area contributed by atoms with Crippen LogP contribution in [-0.2, 0) is 6.54 Å². The van der Waals surface area contributed by atoms with Crippen LogP contribution in [0.5, 0.6) is 0 Å². The first-order valence-electron chi connectivity index (χ1n) is 8.29. The third kappa shape index (κ3) is 7.20. The summed E-state index contributed by atoms with van der Waals surface area (Å²) in [5, 5.41) is 7.03. The maximum Gasteiger partial charge on any atom is 0.251 e. The molecule has 0 saturated heterocycles. The summed E-state index contributed by atoms with van der Waals surface area (Å²) in [6.07, 6.45) is 0. The van der Waals surface area contributed by atoms with Crippen molar-refractivity contribution in [1.82, 2.24) is 10.6 Å². The van der Waals surface area contributed by atoms with Crippen LogP contribution in [0.4, 0.5) is 0 Å². The summed E-state index contributed by atoms with van der Waals surface area (Å²) in [5.41, 5.74) is 8.43. The normalized spacial score (nSPS) is 12.1. The quantitative estimate of drug-likeness (QED) is 0.297. The molecule has 4 N–H and O–H groups in total. The highest BCUT2D eigenvalue weighted by Crippen LogP contribution is 2.25. The molecule has 2 aromatic rings. The van der Waals surface area contributed by atoms with E-state index in [1.54, 1.807) is 24.3 Å². The summed E-state index contributed by atoms with van der Waals surface area (Å²) in [5.74, 6) is 0.230. The van der Waals surface area contributed by atoms with E-state index >= 15 is 0 Å². The minimum Gasteiger partial charge on any atom is -0.370 e. The topological polar surface area (TPSA) is 79.5 Å². The van der Waals surface area contributed by atoms with Gasteiger partial charge >= 0.3 is 0 Å². The highest BCUT2D eigenvalue weighted by Gasteiger charge is 2.10. The Bertz CT molecular complexity index is 797. The molecule has 0 bridgehead atoms. The second kappa shape index (κ2) is 11.4. The average Bonchev–Trinajstić information content (AvgIpc) is 2.60. The zero-order chi connectivity index (χ0) is 19.1. The van der Waals surface area contributed by atoms with Gasteiger partial charge in [-0.05, 0) is 49.2 Å². The molecule has 0 aliphatic rings. The summed E-state index contributed by atoms with van der Waals surface area (Å²) in [6, 6.07) is 12.5. The van der Waals surface area contributed by atoms with Crippen LogP contribution in [-0.4, -0.2) is 18.4 Å². The van der Waals surface area contributed by atoms with E-state index in [9.17, 15) is 4.79 Å². The molecule has 0 radical (unpaired) electrons. The molecule has 1 atom stereocenters. The molecule has 0 saturated carbocycles. The number of carbonyl (C=O) groups excluding carboxylic acids is 1. The van der Waals surface area contributed by atoms with Crippen molar-refractivity contribution in [2.24, 2.45) is 10.7 Å². The Morgan fingerprint density at radius 2 is 1.85 bits per heavy atom. The maximum absolute atomic E-state index is 11.7. The number of nitrogens with one attached hydrogen (secondary N) is 2. The molecule has 2 aromatic carbocycles. The van der Waals surface area contributed by atoms with E-state index in [0.717, 1.165) is 11.1 Å². The number of hydrogen-bond donors (Lipinski definition) is 3. The number of hydrogen-bond acceptors (Lipinski definition) is 2. The SMILES string of the molecule is CCNC(=O)c1ccc(CN=C(N)NC(C)c2ccc(Cl)cc2Cl)cc1.I. The molecule has 1 amide bonds. The van der Waals surface area contributed by atoms with Crippen LogP contribution in [0.2, 0.25) is 10.0 Å². The highest BCUT2D eigenvalue weighted by molar-refractivity contribution is 14.0. The van der Waals surface area contributed by atoms with Crippen molar-refractivity contribution in [2.45, 2.75) is 26.4 Å². The Balaban J connectivity index is 0.00000364. The monoisotopic (exact) mass is 520 g/mol. The Hall–Kier alpha value is -1.51. The molecular weight excluding hydrogens is 498 g/mol. The molecule has 2 rings (SSSR count). The van der Waals surface area contributed by atoms with Gasteiger partial charge < -0.3 is 16.4 Å². The van der Waals surface area contributed by atoms with E-state index in [0.29, 0.717) is 34.7 Å². The van der Waals surface area contributed by atoms with Crippen LogP contribution >= 0.6 is 47.2 Å². The fourth-order valence-corrected chi connectivity index (χ4v) is 2.97. The molecule has 0 spiro atoms. The van der Waals surface area contributed by atoms with E-state index < -0.39 is 0 Å². The first-order chi connectivity index (χ1) is 12.4. The van der Waals surface area contributed by atoms with Crippen molar-refractivity contribution < 1.29 is 4.79 Å². The van der Waals surface area contributed by atoms with Crippen molar-refractivity contribution >= 4 is 59.0 Å². The van der Waals surface area contributed by atoms with Gasteiger partial charge in [0.1, 0.15) is 0 Å². The van der Waals surface area contributed by atoms with E-state index in [-0.39, 0.29) is 35.9 Å². The molecule has 146 valence electrons. The van der Waals surface area contributed by atoms with Gasteiger partial charge in [0.2, 0.25) is 0 Å². The number of halogens is 3. The Labute approximate surface area is 186 Å². The third-order valence-electron chi connectivity index (χ3n) is 3.78. The van der Waals surface area contributed by atoms with Crippen molar-refractivity contribution in [3.8, 4) is 0 Å². The molecule has 5 nitrogen and oxygen atoms in total. The van der Waals surface area contributed by atoms with Crippen molar-refractivity contribution in [1.29, 1.82) is 0 Å².